The number of nitrogens with one attached hydrogen (secondary N) is 1. The Hall–Kier alpha value is -2.04. The highest BCUT2D eigenvalue weighted by Crippen LogP contribution is 2.44. The molecule has 0 radical (unpaired) electrons. The van der Waals surface area contributed by atoms with E-state index in [-0.39, 0.29) is 5.54 Å². The number of carbonyl (C=O) groups excluding carboxylic acids is 1. The molecule has 1 aliphatic heterocycles. The summed E-state index contributed by atoms with van der Waals surface area (Å²) < 4.78 is 0. The van der Waals surface area contributed by atoms with Crippen LogP contribution in [0.1, 0.15) is 58.1 Å². The minimum atomic E-state index is -0.657. The Kier molecular flexibility index (Phi) is 4.44. The Morgan fingerprint density at radius 3 is 2.77 bits per heavy atom. The van der Waals surface area contributed by atoms with Crippen molar-refractivity contribution < 1.29 is 4.79 Å². The van der Waals surface area contributed by atoms with E-state index in [2.05, 4.69) is 62.2 Å². The fourth-order valence-corrected chi connectivity index (χ4v) is 3.70. The maximum Gasteiger partial charge on any atom is 0.332 e. The van der Waals surface area contributed by atoms with E-state index < -0.39 is 6.03 Å². The summed E-state index contributed by atoms with van der Waals surface area (Å²) in [5, 5.41) is 3.83. The monoisotopic (exact) mass is 302 g/mol. The van der Waals surface area contributed by atoms with Gasteiger partial charge in [0, 0.05) is 17.3 Å². The van der Waals surface area contributed by atoms with E-state index in [0.717, 1.165) is 12.0 Å². The number of urea groups is 1. The average Bonchev–Trinajstić information content (AvgIpc) is 2.37. The van der Waals surface area contributed by atoms with E-state index in [1.807, 2.05) is 6.07 Å². The molecule has 1 aromatic rings. The molecule has 5 nitrogen and oxygen atoms in total. The molecular weight excluding hydrogens is 276 g/mol. The van der Waals surface area contributed by atoms with Crippen LogP contribution in [0.2, 0.25) is 0 Å². The van der Waals surface area contributed by atoms with Crippen LogP contribution in [0.3, 0.4) is 0 Å². The van der Waals surface area contributed by atoms with Gasteiger partial charge in [-0.25, -0.2) is 10.2 Å². The van der Waals surface area contributed by atoms with E-state index in [9.17, 15) is 4.79 Å². The summed E-state index contributed by atoms with van der Waals surface area (Å²) in [7, 11) is 0. The molecule has 0 spiro atoms. The Labute approximate surface area is 132 Å². The number of nitrogens with two attached hydrogens (primary N) is 1. The molecule has 2 amide bonds. The van der Waals surface area contributed by atoms with Gasteiger partial charge in [-0.3, -0.25) is 0 Å². The van der Waals surface area contributed by atoms with E-state index in [4.69, 9.17) is 5.73 Å². The number of nitrogens with zero attached hydrogens (tertiary/aromatic N) is 2. The molecule has 3 N–H and O–H groups in total. The molecule has 120 valence electrons. The number of primary amides is 1. The Bertz CT molecular complexity index is 592. The van der Waals surface area contributed by atoms with Gasteiger partial charge < -0.3 is 10.6 Å². The van der Waals surface area contributed by atoms with Gasteiger partial charge in [0.05, 0.1) is 6.21 Å². The summed E-state index contributed by atoms with van der Waals surface area (Å²) >= 11 is 0. The normalized spacial score (nSPS) is 20.3. The molecule has 22 heavy (non-hydrogen) atoms. The van der Waals surface area contributed by atoms with Crippen LogP contribution in [0.15, 0.2) is 23.3 Å². The third kappa shape index (κ3) is 3.24. The third-order valence-corrected chi connectivity index (χ3v) is 4.20. The van der Waals surface area contributed by atoms with Gasteiger partial charge in [-0.15, -0.1) is 0 Å². The third-order valence-electron chi connectivity index (χ3n) is 4.20. The standard InChI is InChI=1S/C17H26N4O/c1-11(2)21-15-7-6-13(10-19-20-16(18)22)8-14(15)12(3)9-17(21,4)5/h6-8,10-12H,9H2,1-5H3,(H3,18,20,22)/b19-10-/t12-/m1/s1. The minimum Gasteiger partial charge on any atom is -0.364 e. The topological polar surface area (TPSA) is 70.7 Å². The molecule has 0 aliphatic carbocycles. The zero-order chi connectivity index (χ0) is 16.5. The van der Waals surface area contributed by atoms with Crippen molar-refractivity contribution in [2.75, 3.05) is 4.90 Å². The van der Waals surface area contributed by atoms with Crippen LogP contribution < -0.4 is 16.1 Å². The van der Waals surface area contributed by atoms with Crippen molar-refractivity contribution in [1.82, 2.24) is 5.43 Å². The lowest BCUT2D eigenvalue weighted by molar-refractivity contribution is 0.249. The molecule has 1 atom stereocenters. The van der Waals surface area contributed by atoms with Gasteiger partial charge in [-0.2, -0.15) is 5.10 Å². The van der Waals surface area contributed by atoms with Crippen LogP contribution in [0.25, 0.3) is 0 Å². The number of carbonyl (C=O) groups is 1. The molecule has 0 aromatic heterocycles. The number of benzene rings is 1. The second-order valence-corrected chi connectivity index (χ2v) is 6.93. The highest BCUT2D eigenvalue weighted by Gasteiger charge is 2.37. The van der Waals surface area contributed by atoms with Crippen LogP contribution in [0, 0.1) is 0 Å². The Morgan fingerprint density at radius 1 is 1.50 bits per heavy atom. The van der Waals surface area contributed by atoms with Crippen molar-refractivity contribution in [2.45, 2.75) is 58.5 Å². The average molecular weight is 302 g/mol. The summed E-state index contributed by atoms with van der Waals surface area (Å²) in [5.41, 5.74) is 10.9. The minimum absolute atomic E-state index is 0.143. The van der Waals surface area contributed by atoms with E-state index in [0.29, 0.717) is 12.0 Å². The largest absolute Gasteiger partial charge is 0.364 e. The van der Waals surface area contributed by atoms with Crippen molar-refractivity contribution >= 4 is 17.9 Å². The van der Waals surface area contributed by atoms with Gasteiger partial charge in [0.2, 0.25) is 0 Å². The summed E-state index contributed by atoms with van der Waals surface area (Å²) in [4.78, 5) is 13.1. The molecule has 0 fully saturated rings. The Morgan fingerprint density at radius 2 is 2.18 bits per heavy atom. The maximum absolute atomic E-state index is 10.7. The highest BCUT2D eigenvalue weighted by atomic mass is 16.2. The number of hydrogen-bond acceptors (Lipinski definition) is 3. The summed E-state index contributed by atoms with van der Waals surface area (Å²) in [6.45, 7) is 11.3. The molecule has 0 bridgehead atoms. The number of fused-ring (bicyclic) bond motifs is 1. The predicted octanol–water partition coefficient (Wildman–Crippen LogP) is 3.19. The van der Waals surface area contributed by atoms with Crippen LogP contribution in [-0.2, 0) is 0 Å². The van der Waals surface area contributed by atoms with Crippen LogP contribution in [0.4, 0.5) is 10.5 Å². The van der Waals surface area contributed by atoms with Gasteiger partial charge in [-0.05, 0) is 63.3 Å². The number of hydrazone groups is 1. The molecular formula is C17H26N4O. The van der Waals surface area contributed by atoms with Crippen molar-refractivity contribution in [3.05, 3.63) is 29.3 Å². The molecule has 1 heterocycles. The quantitative estimate of drug-likeness (QED) is 0.665. The van der Waals surface area contributed by atoms with Crippen LogP contribution in [-0.4, -0.2) is 23.8 Å². The van der Waals surface area contributed by atoms with Crippen molar-refractivity contribution in [3.63, 3.8) is 0 Å². The molecule has 0 unspecified atom stereocenters. The molecule has 1 aliphatic rings. The lowest BCUT2D eigenvalue weighted by Gasteiger charge is -2.50. The fraction of sp³-hybridized carbons (Fsp3) is 0.529. The molecule has 1 aromatic carbocycles. The number of anilines is 1. The first-order chi connectivity index (χ1) is 10.2. The number of rotatable bonds is 3. The molecule has 0 saturated carbocycles. The van der Waals surface area contributed by atoms with Crippen molar-refractivity contribution in [2.24, 2.45) is 10.8 Å². The second-order valence-electron chi connectivity index (χ2n) is 6.93. The summed E-state index contributed by atoms with van der Waals surface area (Å²) in [6, 6.07) is 6.11. The van der Waals surface area contributed by atoms with Crippen LogP contribution in [0.5, 0.6) is 0 Å². The molecule has 2 rings (SSSR count). The van der Waals surface area contributed by atoms with Gasteiger partial charge >= 0.3 is 6.03 Å². The second kappa shape index (κ2) is 5.99. The van der Waals surface area contributed by atoms with Gasteiger partial charge in [0.1, 0.15) is 0 Å². The highest BCUT2D eigenvalue weighted by molar-refractivity contribution is 5.83. The summed E-state index contributed by atoms with van der Waals surface area (Å²) in [6.07, 6.45) is 2.73. The zero-order valence-electron chi connectivity index (χ0n) is 14.1. The van der Waals surface area contributed by atoms with Crippen molar-refractivity contribution in [1.29, 1.82) is 0 Å². The zero-order valence-corrected chi connectivity index (χ0v) is 14.1. The van der Waals surface area contributed by atoms with E-state index in [1.165, 1.54) is 11.3 Å². The van der Waals surface area contributed by atoms with Gasteiger partial charge in [0.15, 0.2) is 0 Å². The number of hydrogen-bond donors (Lipinski definition) is 2. The van der Waals surface area contributed by atoms with Gasteiger partial charge in [0.25, 0.3) is 0 Å². The SMILES string of the molecule is CC(C)N1c2ccc(/C=N\NC(N)=O)cc2[C@H](C)CC1(C)C. The first-order valence-electron chi connectivity index (χ1n) is 7.74. The predicted molar refractivity (Wildman–Crippen MR) is 91.5 cm³/mol. The molecule has 0 saturated heterocycles. The van der Waals surface area contributed by atoms with E-state index >= 15 is 0 Å². The van der Waals surface area contributed by atoms with Crippen LogP contribution >= 0.6 is 0 Å². The lowest BCUT2D eigenvalue weighted by atomic mass is 9.79. The van der Waals surface area contributed by atoms with Gasteiger partial charge in [-0.1, -0.05) is 13.0 Å². The number of amides is 2. The smallest absolute Gasteiger partial charge is 0.332 e. The first-order valence-corrected chi connectivity index (χ1v) is 7.74. The Balaban J connectivity index is 2.38. The maximum atomic E-state index is 10.7. The first kappa shape index (κ1) is 16.3. The lowest BCUT2D eigenvalue weighted by Crippen LogP contribution is -2.51. The van der Waals surface area contributed by atoms with E-state index in [1.54, 1.807) is 6.21 Å². The molecule has 5 heteroatoms. The summed E-state index contributed by atoms with van der Waals surface area (Å²) in [5.74, 6) is 0.484. The van der Waals surface area contributed by atoms with Crippen molar-refractivity contribution in [3.8, 4) is 0 Å². The fourth-order valence-electron chi connectivity index (χ4n) is 3.70.